The van der Waals surface area contributed by atoms with Crippen LogP contribution in [0, 0.1) is 0 Å². The number of hydrogen-bond acceptors (Lipinski definition) is 8. The van der Waals surface area contributed by atoms with Crippen molar-refractivity contribution in [3.8, 4) is 11.4 Å². The van der Waals surface area contributed by atoms with E-state index < -0.39 is 0 Å². The summed E-state index contributed by atoms with van der Waals surface area (Å²) in [7, 11) is 1.66. The first-order chi connectivity index (χ1) is 18.7. The zero-order chi connectivity index (χ0) is 25.9. The molecule has 38 heavy (non-hydrogen) atoms. The van der Waals surface area contributed by atoms with Crippen LogP contribution in [0.2, 0.25) is 0 Å². The molecule has 10 nitrogen and oxygen atoms in total. The van der Waals surface area contributed by atoms with Crippen molar-refractivity contribution in [2.24, 2.45) is 0 Å². The summed E-state index contributed by atoms with van der Waals surface area (Å²) < 4.78 is 7.48. The molecular weight excluding hydrogens is 480 g/mol. The lowest BCUT2D eigenvalue weighted by molar-refractivity contribution is 0.102. The Morgan fingerprint density at radius 1 is 0.895 bits per heavy atom. The lowest BCUT2D eigenvalue weighted by Gasteiger charge is -2.37. The van der Waals surface area contributed by atoms with Crippen LogP contribution < -0.4 is 19.9 Å². The third-order valence-corrected chi connectivity index (χ3v) is 6.60. The molecule has 2 aromatic carbocycles. The highest BCUT2D eigenvalue weighted by Gasteiger charge is 2.24. The maximum atomic E-state index is 12.6. The molecule has 0 aliphatic carbocycles. The monoisotopic (exact) mass is 506 g/mol. The van der Waals surface area contributed by atoms with E-state index in [9.17, 15) is 4.79 Å². The zero-order valence-corrected chi connectivity index (χ0v) is 20.9. The molecule has 1 aliphatic rings. The summed E-state index contributed by atoms with van der Waals surface area (Å²) in [6.45, 7) is 3.03. The molecule has 0 bridgehead atoms. The molecule has 0 atom stereocenters. The number of anilines is 3. The molecule has 5 aromatic rings. The average Bonchev–Trinajstić information content (AvgIpc) is 3.43. The van der Waals surface area contributed by atoms with Crippen molar-refractivity contribution in [3.05, 3.63) is 91.1 Å². The minimum Gasteiger partial charge on any atom is -0.495 e. The maximum Gasteiger partial charge on any atom is 0.274 e. The van der Waals surface area contributed by atoms with Gasteiger partial charge in [-0.3, -0.25) is 9.78 Å². The smallest absolute Gasteiger partial charge is 0.274 e. The second-order valence-electron chi connectivity index (χ2n) is 8.86. The molecule has 1 fully saturated rings. The second kappa shape index (κ2) is 10.2. The Balaban J connectivity index is 1.20. The maximum absolute atomic E-state index is 12.6. The number of pyridine rings is 1. The van der Waals surface area contributed by atoms with Crippen molar-refractivity contribution in [1.82, 2.24) is 24.7 Å². The molecule has 0 spiro atoms. The van der Waals surface area contributed by atoms with E-state index in [2.05, 4.69) is 35.2 Å². The Morgan fingerprint density at radius 2 is 1.68 bits per heavy atom. The molecular formula is C28H26N8O2. The number of benzene rings is 2. The van der Waals surface area contributed by atoms with Crippen molar-refractivity contribution in [2.45, 2.75) is 0 Å². The highest BCUT2D eigenvalue weighted by Crippen LogP contribution is 2.33. The molecule has 6 rings (SSSR count). The van der Waals surface area contributed by atoms with Crippen LogP contribution in [0.3, 0.4) is 0 Å². The molecule has 190 valence electrons. The van der Waals surface area contributed by atoms with Gasteiger partial charge in [-0.2, -0.15) is 5.10 Å². The summed E-state index contributed by atoms with van der Waals surface area (Å²) in [5.41, 5.74) is 3.71. The standard InChI is InChI=1S/C28H26N8O2/c1-38-25-11-10-20(33-28(37)23-9-5-6-12-29-23)17-24(25)34-13-15-35(16-14-34)26-22-18-32-36(27(22)31-19-30-26)21-7-3-2-4-8-21/h2-12,17-19H,13-16H2,1H3,(H,33,37). The van der Waals surface area contributed by atoms with Crippen LogP contribution in [0.25, 0.3) is 16.7 Å². The first-order valence-corrected chi connectivity index (χ1v) is 12.4. The summed E-state index contributed by atoms with van der Waals surface area (Å²) in [5, 5.41) is 8.44. The van der Waals surface area contributed by atoms with Crippen molar-refractivity contribution in [2.75, 3.05) is 48.4 Å². The van der Waals surface area contributed by atoms with E-state index in [0.29, 0.717) is 11.4 Å². The van der Waals surface area contributed by atoms with Crippen LogP contribution >= 0.6 is 0 Å². The van der Waals surface area contributed by atoms with Gasteiger partial charge in [-0.05, 0) is 42.5 Å². The van der Waals surface area contributed by atoms with Gasteiger partial charge in [-0.15, -0.1) is 0 Å². The number of ether oxygens (including phenoxy) is 1. The van der Waals surface area contributed by atoms with Gasteiger partial charge in [0, 0.05) is 38.1 Å². The van der Waals surface area contributed by atoms with Crippen LogP contribution in [0.15, 0.2) is 85.5 Å². The Morgan fingerprint density at radius 3 is 2.45 bits per heavy atom. The molecule has 1 aliphatic heterocycles. The fourth-order valence-corrected chi connectivity index (χ4v) is 4.71. The number of para-hydroxylation sites is 1. The Labute approximate surface area is 219 Å². The Hall–Kier alpha value is -4.99. The van der Waals surface area contributed by atoms with E-state index in [4.69, 9.17) is 4.74 Å². The highest BCUT2D eigenvalue weighted by atomic mass is 16.5. The Bertz CT molecular complexity index is 1560. The summed E-state index contributed by atoms with van der Waals surface area (Å²) in [6, 6.07) is 20.9. The van der Waals surface area contributed by atoms with Crippen LogP contribution in [-0.2, 0) is 0 Å². The van der Waals surface area contributed by atoms with Crippen molar-refractivity contribution < 1.29 is 9.53 Å². The molecule has 0 saturated carbocycles. The van der Waals surface area contributed by atoms with Crippen molar-refractivity contribution in [1.29, 1.82) is 0 Å². The fourth-order valence-electron chi connectivity index (χ4n) is 4.71. The lowest BCUT2D eigenvalue weighted by atomic mass is 10.2. The lowest BCUT2D eigenvalue weighted by Crippen LogP contribution is -2.47. The van der Waals surface area contributed by atoms with Gasteiger partial charge in [0.1, 0.15) is 23.6 Å². The second-order valence-corrected chi connectivity index (χ2v) is 8.86. The molecule has 3 aromatic heterocycles. The van der Waals surface area contributed by atoms with Gasteiger partial charge in [0.2, 0.25) is 0 Å². The molecule has 1 N–H and O–H groups in total. The van der Waals surface area contributed by atoms with E-state index >= 15 is 0 Å². The minimum absolute atomic E-state index is 0.254. The first-order valence-electron chi connectivity index (χ1n) is 12.4. The van der Waals surface area contributed by atoms with E-state index in [1.165, 1.54) is 0 Å². The topological polar surface area (TPSA) is 101 Å². The number of nitrogens with zero attached hydrogens (tertiary/aromatic N) is 7. The quantitative estimate of drug-likeness (QED) is 0.371. The number of rotatable bonds is 6. The normalized spacial score (nSPS) is 13.5. The third kappa shape index (κ3) is 4.47. The number of hydrogen-bond donors (Lipinski definition) is 1. The summed E-state index contributed by atoms with van der Waals surface area (Å²) in [5.74, 6) is 1.37. The van der Waals surface area contributed by atoms with Crippen LogP contribution in [0.1, 0.15) is 10.5 Å². The minimum atomic E-state index is -0.254. The summed E-state index contributed by atoms with van der Waals surface area (Å²) in [4.78, 5) is 30.4. The van der Waals surface area contributed by atoms with E-state index in [1.54, 1.807) is 37.8 Å². The molecule has 0 radical (unpaired) electrons. The summed E-state index contributed by atoms with van der Waals surface area (Å²) in [6.07, 6.45) is 5.04. The van der Waals surface area contributed by atoms with Gasteiger partial charge in [0.15, 0.2) is 5.65 Å². The van der Waals surface area contributed by atoms with Crippen molar-refractivity contribution >= 4 is 34.1 Å². The van der Waals surface area contributed by atoms with E-state index in [0.717, 1.165) is 60.2 Å². The molecule has 1 saturated heterocycles. The molecule has 10 heteroatoms. The first kappa shape index (κ1) is 23.4. The van der Waals surface area contributed by atoms with Gasteiger partial charge in [0.25, 0.3) is 5.91 Å². The highest BCUT2D eigenvalue weighted by molar-refractivity contribution is 6.03. The third-order valence-electron chi connectivity index (χ3n) is 6.60. The Kier molecular flexibility index (Phi) is 6.27. The molecule has 4 heterocycles. The summed E-state index contributed by atoms with van der Waals surface area (Å²) >= 11 is 0. The van der Waals surface area contributed by atoms with Gasteiger partial charge < -0.3 is 19.9 Å². The van der Waals surface area contributed by atoms with E-state index in [-0.39, 0.29) is 5.91 Å². The average molecular weight is 507 g/mol. The van der Waals surface area contributed by atoms with Crippen molar-refractivity contribution in [3.63, 3.8) is 0 Å². The fraction of sp³-hybridized carbons (Fsp3) is 0.179. The van der Waals surface area contributed by atoms with Gasteiger partial charge in [0.05, 0.1) is 30.1 Å². The van der Waals surface area contributed by atoms with Gasteiger partial charge >= 0.3 is 0 Å². The number of amides is 1. The van der Waals surface area contributed by atoms with Gasteiger partial charge in [-0.1, -0.05) is 24.3 Å². The number of piperazine rings is 1. The van der Waals surface area contributed by atoms with Crippen LogP contribution in [0.4, 0.5) is 17.2 Å². The van der Waals surface area contributed by atoms with Gasteiger partial charge in [-0.25, -0.2) is 14.6 Å². The molecule has 1 amide bonds. The number of carbonyl (C=O) groups is 1. The number of methoxy groups -OCH3 is 1. The van der Waals surface area contributed by atoms with Crippen LogP contribution in [-0.4, -0.2) is 63.9 Å². The largest absolute Gasteiger partial charge is 0.495 e. The molecule has 0 unspecified atom stereocenters. The number of carbonyl (C=O) groups excluding carboxylic acids is 1. The van der Waals surface area contributed by atoms with E-state index in [1.807, 2.05) is 59.4 Å². The van der Waals surface area contributed by atoms with Crippen LogP contribution in [0.5, 0.6) is 5.75 Å². The number of nitrogens with one attached hydrogen (secondary N) is 1. The predicted molar refractivity (Wildman–Crippen MR) is 146 cm³/mol. The zero-order valence-electron chi connectivity index (χ0n) is 20.9. The number of aromatic nitrogens is 5. The SMILES string of the molecule is COc1ccc(NC(=O)c2ccccn2)cc1N1CCN(c2ncnc3c2cnn3-c2ccccc2)CC1. The number of fused-ring (bicyclic) bond motifs is 1. The predicted octanol–water partition coefficient (Wildman–Crippen LogP) is 3.80.